The molecule has 9 heteroatoms. The van der Waals surface area contributed by atoms with Gasteiger partial charge in [-0.1, -0.05) is 19.1 Å². The van der Waals surface area contributed by atoms with Gasteiger partial charge >= 0.3 is 0 Å². The van der Waals surface area contributed by atoms with Gasteiger partial charge in [0.15, 0.2) is 15.8 Å². The molecule has 0 spiro atoms. The quantitative estimate of drug-likeness (QED) is 0.372. The smallest absolute Gasteiger partial charge is 0.193 e. The van der Waals surface area contributed by atoms with Crippen LogP contribution in [-0.4, -0.2) is 75.7 Å². The zero-order chi connectivity index (χ0) is 17.6. The Kier molecular flexibility index (Phi) is 8.77. The first-order chi connectivity index (χ1) is 11.5. The largest absolute Gasteiger partial charge is 0.506 e. The van der Waals surface area contributed by atoms with Crippen LogP contribution in [0.3, 0.4) is 0 Å². The molecule has 0 saturated carbocycles. The molecule has 2 N–H and O–H groups in total. The van der Waals surface area contributed by atoms with E-state index in [2.05, 4.69) is 20.1 Å². The minimum absolute atomic E-state index is 0. The molecule has 1 aromatic carbocycles. The van der Waals surface area contributed by atoms with E-state index >= 15 is 0 Å². The van der Waals surface area contributed by atoms with Crippen LogP contribution >= 0.6 is 24.0 Å². The van der Waals surface area contributed by atoms with Gasteiger partial charge in [-0.2, -0.15) is 0 Å². The van der Waals surface area contributed by atoms with Gasteiger partial charge < -0.3 is 20.2 Å². The Labute approximate surface area is 167 Å². The summed E-state index contributed by atoms with van der Waals surface area (Å²) in [5.74, 6) is 1.28. The number of hydrogen-bond acceptors (Lipinski definition) is 5. The van der Waals surface area contributed by atoms with Crippen LogP contribution in [0.5, 0.6) is 5.75 Å². The predicted molar refractivity (Wildman–Crippen MR) is 113 cm³/mol. The molecule has 1 saturated heterocycles. The van der Waals surface area contributed by atoms with Crippen molar-refractivity contribution in [1.82, 2.24) is 10.2 Å². The summed E-state index contributed by atoms with van der Waals surface area (Å²) in [6, 6.07) is 7.32. The summed E-state index contributed by atoms with van der Waals surface area (Å²) in [5.41, 5.74) is 0.842. The molecular weight excluding hydrogens is 455 g/mol. The molecule has 0 bridgehead atoms. The average molecular weight is 482 g/mol. The van der Waals surface area contributed by atoms with Gasteiger partial charge in [-0.15, -0.1) is 24.0 Å². The van der Waals surface area contributed by atoms with Gasteiger partial charge in [0, 0.05) is 45.5 Å². The van der Waals surface area contributed by atoms with Crippen molar-refractivity contribution in [2.45, 2.75) is 6.92 Å². The molecular formula is C16H27IN4O3S. The zero-order valence-electron chi connectivity index (χ0n) is 14.7. The lowest BCUT2D eigenvalue weighted by Crippen LogP contribution is -2.53. The second kappa shape index (κ2) is 10.0. The molecule has 1 aromatic rings. The molecule has 0 amide bonds. The van der Waals surface area contributed by atoms with Crippen LogP contribution in [0, 0.1) is 0 Å². The van der Waals surface area contributed by atoms with E-state index in [0.717, 1.165) is 37.8 Å². The Hall–Kier alpha value is -1.23. The lowest BCUT2D eigenvalue weighted by molar-refractivity contribution is 0.371. The number of phenolic OH excluding ortho intramolecular Hbond substituents is 1. The summed E-state index contributed by atoms with van der Waals surface area (Å²) >= 11 is 0. The van der Waals surface area contributed by atoms with Crippen LogP contribution in [0.25, 0.3) is 0 Å². The molecule has 1 fully saturated rings. The molecule has 2 rings (SSSR count). The second-order valence-electron chi connectivity index (χ2n) is 5.67. The van der Waals surface area contributed by atoms with Crippen molar-refractivity contribution in [3.05, 3.63) is 24.3 Å². The zero-order valence-corrected chi connectivity index (χ0v) is 17.8. The van der Waals surface area contributed by atoms with Gasteiger partial charge in [-0.25, -0.2) is 8.42 Å². The highest BCUT2D eigenvalue weighted by atomic mass is 127. The topological polar surface area (TPSA) is 85.2 Å². The number of sulfone groups is 1. The van der Waals surface area contributed by atoms with Gasteiger partial charge in [-0.05, 0) is 12.1 Å². The fourth-order valence-electron chi connectivity index (χ4n) is 2.69. The van der Waals surface area contributed by atoms with Gasteiger partial charge in [-0.3, -0.25) is 4.99 Å². The first-order valence-corrected chi connectivity index (χ1v) is 9.98. The van der Waals surface area contributed by atoms with Crippen molar-refractivity contribution >= 4 is 45.5 Å². The number of nitrogens with one attached hydrogen (secondary N) is 1. The van der Waals surface area contributed by atoms with Crippen molar-refractivity contribution in [3.63, 3.8) is 0 Å². The highest BCUT2D eigenvalue weighted by molar-refractivity contribution is 14.0. The molecule has 0 unspecified atom stereocenters. The Bertz CT molecular complexity index is 674. The highest BCUT2D eigenvalue weighted by Crippen LogP contribution is 2.27. The third-order valence-corrected chi connectivity index (χ3v) is 5.86. The van der Waals surface area contributed by atoms with E-state index < -0.39 is 9.84 Å². The van der Waals surface area contributed by atoms with Crippen molar-refractivity contribution in [1.29, 1.82) is 0 Å². The van der Waals surface area contributed by atoms with Crippen LogP contribution < -0.4 is 10.2 Å². The number of benzene rings is 1. The summed E-state index contributed by atoms with van der Waals surface area (Å²) in [6.07, 6.45) is 0. The van der Waals surface area contributed by atoms with Gasteiger partial charge in [0.2, 0.25) is 0 Å². The number of aromatic hydroxyl groups is 1. The fourth-order valence-corrected chi connectivity index (χ4v) is 3.39. The maximum atomic E-state index is 11.6. The number of phenols is 1. The number of aliphatic imine (C=N–C) groups is 1. The summed E-state index contributed by atoms with van der Waals surface area (Å²) in [5, 5.41) is 13.1. The number of halogens is 1. The molecule has 142 valence electrons. The number of anilines is 1. The molecule has 0 aromatic heterocycles. The van der Waals surface area contributed by atoms with E-state index in [9.17, 15) is 13.5 Å². The van der Waals surface area contributed by atoms with Crippen LogP contribution in [0.2, 0.25) is 0 Å². The summed E-state index contributed by atoms with van der Waals surface area (Å²) in [6.45, 7) is 5.07. The molecule has 7 nitrogen and oxygen atoms in total. The second-order valence-corrected chi connectivity index (χ2v) is 8.15. The highest BCUT2D eigenvalue weighted by Gasteiger charge is 2.21. The number of guanidine groups is 1. The van der Waals surface area contributed by atoms with Crippen LogP contribution in [-0.2, 0) is 9.84 Å². The number of para-hydroxylation sites is 2. The molecule has 25 heavy (non-hydrogen) atoms. The lowest BCUT2D eigenvalue weighted by Gasteiger charge is -2.37. The Balaban J connectivity index is 0.00000312. The molecule has 0 atom stereocenters. The normalized spacial score (nSPS) is 15.7. The Morgan fingerprint density at radius 1 is 1.24 bits per heavy atom. The maximum absolute atomic E-state index is 11.6. The van der Waals surface area contributed by atoms with E-state index in [0.29, 0.717) is 12.3 Å². The third-order valence-electron chi connectivity index (χ3n) is 4.15. The van der Waals surface area contributed by atoms with Crippen molar-refractivity contribution in [2.24, 2.45) is 4.99 Å². The van der Waals surface area contributed by atoms with Crippen molar-refractivity contribution in [3.8, 4) is 5.75 Å². The number of piperazine rings is 1. The summed E-state index contributed by atoms with van der Waals surface area (Å²) in [7, 11) is -1.28. The minimum Gasteiger partial charge on any atom is -0.506 e. The van der Waals surface area contributed by atoms with E-state index in [4.69, 9.17) is 0 Å². The third kappa shape index (κ3) is 6.21. The van der Waals surface area contributed by atoms with Gasteiger partial charge in [0.05, 0.1) is 11.4 Å². The van der Waals surface area contributed by atoms with Crippen LogP contribution in [0.15, 0.2) is 29.3 Å². The monoisotopic (exact) mass is 482 g/mol. The molecule has 1 aliphatic heterocycles. The number of hydrogen-bond donors (Lipinski definition) is 2. The average Bonchev–Trinajstić information content (AvgIpc) is 2.59. The number of nitrogens with zero attached hydrogens (tertiary/aromatic N) is 3. The van der Waals surface area contributed by atoms with E-state index in [1.807, 2.05) is 18.2 Å². The molecule has 1 heterocycles. The van der Waals surface area contributed by atoms with Crippen molar-refractivity contribution < 1.29 is 13.5 Å². The summed E-state index contributed by atoms with van der Waals surface area (Å²) < 4.78 is 23.1. The molecule has 0 aliphatic carbocycles. The summed E-state index contributed by atoms with van der Waals surface area (Å²) in [4.78, 5) is 8.49. The minimum atomic E-state index is -2.98. The standard InChI is InChI=1S/C16H26N4O3S.HI/c1-3-24(22,23)13-8-18-16(17-2)20-11-9-19(10-12-20)14-6-4-5-7-15(14)21;/h4-7,21H,3,8-13H2,1-2H3,(H,17,18);1H. The SMILES string of the molecule is CCS(=O)(=O)CCNC(=NC)N1CCN(c2ccccc2O)CC1.I. The molecule has 0 radical (unpaired) electrons. The predicted octanol–water partition coefficient (Wildman–Crippen LogP) is 1.14. The number of rotatable bonds is 5. The van der Waals surface area contributed by atoms with E-state index in [-0.39, 0.29) is 35.5 Å². The van der Waals surface area contributed by atoms with Crippen LogP contribution in [0.4, 0.5) is 5.69 Å². The first kappa shape index (κ1) is 21.8. The Morgan fingerprint density at radius 3 is 2.44 bits per heavy atom. The Morgan fingerprint density at radius 2 is 1.88 bits per heavy atom. The van der Waals surface area contributed by atoms with Gasteiger partial charge in [0.1, 0.15) is 5.75 Å². The van der Waals surface area contributed by atoms with Crippen molar-refractivity contribution in [2.75, 3.05) is 56.2 Å². The lowest BCUT2D eigenvalue weighted by atomic mass is 10.2. The van der Waals surface area contributed by atoms with E-state index in [1.54, 1.807) is 20.0 Å². The maximum Gasteiger partial charge on any atom is 0.193 e. The molecule has 1 aliphatic rings. The first-order valence-electron chi connectivity index (χ1n) is 8.16. The van der Waals surface area contributed by atoms with Crippen LogP contribution in [0.1, 0.15) is 6.92 Å². The van der Waals surface area contributed by atoms with E-state index in [1.165, 1.54) is 0 Å². The van der Waals surface area contributed by atoms with Gasteiger partial charge in [0.25, 0.3) is 0 Å². The fraction of sp³-hybridized carbons (Fsp3) is 0.562.